The van der Waals surface area contributed by atoms with Crippen molar-refractivity contribution in [3.8, 4) is 0 Å². The lowest BCUT2D eigenvalue weighted by molar-refractivity contribution is -0.113. The van der Waals surface area contributed by atoms with Crippen molar-refractivity contribution in [2.24, 2.45) is 5.73 Å². The first-order valence-corrected chi connectivity index (χ1v) is 9.79. The normalized spacial score (nSPS) is 15.0. The van der Waals surface area contributed by atoms with Gasteiger partial charge in [-0.15, -0.1) is 0 Å². The van der Waals surface area contributed by atoms with E-state index in [0.29, 0.717) is 16.9 Å². The first kappa shape index (κ1) is 19.7. The highest BCUT2D eigenvalue weighted by atomic mass is 16.2. The number of hydrogen-bond acceptors (Lipinski definition) is 5. The quantitative estimate of drug-likeness (QED) is 0.564. The van der Waals surface area contributed by atoms with E-state index in [-0.39, 0.29) is 5.91 Å². The van der Waals surface area contributed by atoms with Crippen LogP contribution in [0.3, 0.4) is 0 Å². The summed E-state index contributed by atoms with van der Waals surface area (Å²) in [6.07, 6.45) is 6.23. The molecule has 8 heteroatoms. The van der Waals surface area contributed by atoms with Crippen LogP contribution >= 0.6 is 0 Å². The number of amides is 2. The largest absolute Gasteiger partial charge is 0.369 e. The van der Waals surface area contributed by atoms with Gasteiger partial charge in [-0.05, 0) is 43.5 Å². The van der Waals surface area contributed by atoms with Gasteiger partial charge in [-0.25, -0.2) is 4.98 Å². The van der Waals surface area contributed by atoms with Gasteiger partial charge in [0.1, 0.15) is 5.65 Å². The number of fused-ring (bicyclic) bond motifs is 1. The van der Waals surface area contributed by atoms with Crippen molar-refractivity contribution < 1.29 is 9.59 Å². The van der Waals surface area contributed by atoms with Gasteiger partial charge in [0.2, 0.25) is 5.91 Å². The molecule has 2 aromatic heterocycles. The number of primary amides is 1. The Balaban J connectivity index is 1.47. The number of aromatic amines is 1. The number of rotatable bonds is 5. The van der Waals surface area contributed by atoms with E-state index in [1.165, 1.54) is 6.08 Å². The fourth-order valence-corrected chi connectivity index (χ4v) is 3.49. The van der Waals surface area contributed by atoms with Gasteiger partial charge in [0, 0.05) is 60.7 Å². The Morgan fingerprint density at radius 2 is 1.90 bits per heavy atom. The van der Waals surface area contributed by atoms with Crippen molar-refractivity contribution in [2.75, 3.05) is 43.4 Å². The zero-order valence-electron chi connectivity index (χ0n) is 16.8. The molecule has 3 heterocycles. The van der Waals surface area contributed by atoms with Crippen molar-refractivity contribution in [1.29, 1.82) is 0 Å². The Morgan fingerprint density at radius 1 is 1.17 bits per heavy atom. The van der Waals surface area contributed by atoms with E-state index >= 15 is 0 Å². The number of carbonyl (C=O) groups excluding carboxylic acids is 2. The van der Waals surface area contributed by atoms with E-state index in [4.69, 9.17) is 5.73 Å². The minimum Gasteiger partial charge on any atom is -0.369 e. The molecule has 8 nitrogen and oxygen atoms in total. The number of anilines is 2. The zero-order chi connectivity index (χ0) is 21.1. The summed E-state index contributed by atoms with van der Waals surface area (Å²) in [6.45, 7) is 4.04. The van der Waals surface area contributed by atoms with Gasteiger partial charge in [0.05, 0.1) is 11.9 Å². The van der Waals surface area contributed by atoms with Crippen LogP contribution in [0.25, 0.3) is 17.1 Å². The minimum absolute atomic E-state index is 0.203. The highest BCUT2D eigenvalue weighted by molar-refractivity contribution is 6.05. The van der Waals surface area contributed by atoms with E-state index in [1.54, 1.807) is 18.5 Å². The summed E-state index contributed by atoms with van der Waals surface area (Å²) in [4.78, 5) is 35.7. The second-order valence-electron chi connectivity index (χ2n) is 7.39. The summed E-state index contributed by atoms with van der Waals surface area (Å²) in [5.41, 5.74) is 8.87. The van der Waals surface area contributed by atoms with Crippen molar-refractivity contribution in [2.45, 2.75) is 0 Å². The minimum atomic E-state index is -0.526. The van der Waals surface area contributed by atoms with Gasteiger partial charge < -0.3 is 25.8 Å². The smallest absolute Gasteiger partial charge is 0.255 e. The number of carbonyl (C=O) groups is 2. The van der Waals surface area contributed by atoms with Crippen LogP contribution in [-0.4, -0.2) is 59.9 Å². The molecular formula is C22H24N6O2. The lowest BCUT2D eigenvalue weighted by atomic mass is 10.1. The van der Waals surface area contributed by atoms with Gasteiger partial charge >= 0.3 is 0 Å². The monoisotopic (exact) mass is 404 g/mol. The van der Waals surface area contributed by atoms with Crippen molar-refractivity contribution in [3.63, 3.8) is 0 Å². The van der Waals surface area contributed by atoms with Crippen molar-refractivity contribution >= 4 is 40.3 Å². The molecule has 2 amide bonds. The maximum Gasteiger partial charge on any atom is 0.255 e. The van der Waals surface area contributed by atoms with Crippen LogP contribution in [0.4, 0.5) is 11.4 Å². The standard InChI is InChI=1S/C22H24N6O2/c1-27-8-10-28(11-9-27)18-5-2-15(3-6-18)22(30)26-17-12-19-16(4-7-20(23)29)13-24-21(19)25-14-17/h2-7,12-14H,8-11H2,1H3,(H2,23,29)(H,24,25)(H,26,30)/b7-4+. The third-order valence-corrected chi connectivity index (χ3v) is 5.25. The van der Waals surface area contributed by atoms with E-state index < -0.39 is 5.91 Å². The van der Waals surface area contributed by atoms with Crippen LogP contribution in [0.5, 0.6) is 0 Å². The Hall–Kier alpha value is -3.65. The number of hydrogen-bond donors (Lipinski definition) is 3. The molecular weight excluding hydrogens is 380 g/mol. The third kappa shape index (κ3) is 4.33. The van der Waals surface area contributed by atoms with Crippen molar-refractivity contribution in [1.82, 2.24) is 14.9 Å². The number of nitrogens with one attached hydrogen (secondary N) is 2. The SMILES string of the molecule is CN1CCN(c2ccc(C(=O)Nc3cnc4[nH]cc(/C=C/C(N)=O)c4c3)cc2)CC1. The summed E-state index contributed by atoms with van der Waals surface area (Å²) < 4.78 is 0. The highest BCUT2D eigenvalue weighted by Gasteiger charge is 2.15. The van der Waals surface area contributed by atoms with E-state index in [9.17, 15) is 9.59 Å². The molecule has 0 atom stereocenters. The summed E-state index contributed by atoms with van der Waals surface area (Å²) in [5.74, 6) is -0.729. The Kier molecular flexibility index (Phi) is 5.49. The molecule has 0 aliphatic carbocycles. The maximum absolute atomic E-state index is 12.7. The van der Waals surface area contributed by atoms with Crippen LogP contribution < -0.4 is 16.0 Å². The van der Waals surface area contributed by atoms with Crippen LogP contribution in [0.15, 0.2) is 48.8 Å². The number of aromatic nitrogens is 2. The molecule has 0 saturated carbocycles. The molecule has 0 radical (unpaired) electrons. The average molecular weight is 404 g/mol. The van der Waals surface area contributed by atoms with Gasteiger partial charge in [0.25, 0.3) is 5.91 Å². The fraction of sp³-hybridized carbons (Fsp3) is 0.227. The molecule has 1 aliphatic rings. The van der Waals surface area contributed by atoms with Crippen LogP contribution in [0, 0.1) is 0 Å². The molecule has 1 fully saturated rings. The molecule has 30 heavy (non-hydrogen) atoms. The lowest BCUT2D eigenvalue weighted by Gasteiger charge is -2.34. The number of nitrogens with two attached hydrogens (primary N) is 1. The summed E-state index contributed by atoms with van der Waals surface area (Å²) >= 11 is 0. The maximum atomic E-state index is 12.7. The van der Waals surface area contributed by atoms with Crippen molar-refractivity contribution in [3.05, 3.63) is 59.9 Å². The topological polar surface area (TPSA) is 107 Å². The van der Waals surface area contributed by atoms with Gasteiger partial charge in [-0.2, -0.15) is 0 Å². The second-order valence-corrected chi connectivity index (χ2v) is 7.39. The molecule has 4 rings (SSSR count). The summed E-state index contributed by atoms with van der Waals surface area (Å²) in [7, 11) is 2.13. The van der Waals surface area contributed by atoms with Crippen LogP contribution in [0.2, 0.25) is 0 Å². The number of pyridine rings is 1. The highest BCUT2D eigenvalue weighted by Crippen LogP contribution is 2.22. The number of benzene rings is 1. The van der Waals surface area contributed by atoms with Gasteiger partial charge in [-0.1, -0.05) is 0 Å². The number of H-pyrrole nitrogens is 1. The molecule has 154 valence electrons. The predicted octanol–water partition coefficient (Wildman–Crippen LogP) is 2.07. The first-order valence-electron chi connectivity index (χ1n) is 9.79. The van der Waals surface area contributed by atoms with Crippen LogP contribution in [-0.2, 0) is 4.79 Å². The predicted molar refractivity (Wildman–Crippen MR) is 118 cm³/mol. The lowest BCUT2D eigenvalue weighted by Crippen LogP contribution is -2.44. The fourth-order valence-electron chi connectivity index (χ4n) is 3.49. The molecule has 1 aliphatic heterocycles. The summed E-state index contributed by atoms with van der Waals surface area (Å²) in [5, 5.41) is 3.67. The number of piperazine rings is 1. The van der Waals surface area contributed by atoms with E-state index in [2.05, 4.69) is 32.1 Å². The Labute approximate surface area is 174 Å². The first-order chi connectivity index (χ1) is 14.5. The molecule has 1 aromatic carbocycles. The van der Waals surface area contributed by atoms with E-state index in [0.717, 1.165) is 42.8 Å². The molecule has 4 N–H and O–H groups in total. The second kappa shape index (κ2) is 8.38. The summed E-state index contributed by atoms with van der Waals surface area (Å²) in [6, 6.07) is 9.47. The number of nitrogens with zero attached hydrogens (tertiary/aromatic N) is 3. The zero-order valence-corrected chi connectivity index (χ0v) is 16.8. The molecule has 0 bridgehead atoms. The average Bonchev–Trinajstić information content (AvgIpc) is 3.15. The Bertz CT molecular complexity index is 1090. The molecule has 1 saturated heterocycles. The third-order valence-electron chi connectivity index (χ3n) is 5.25. The van der Waals surface area contributed by atoms with E-state index in [1.807, 2.05) is 30.3 Å². The van der Waals surface area contributed by atoms with Gasteiger partial charge in [0.15, 0.2) is 0 Å². The molecule has 0 unspecified atom stereocenters. The molecule has 3 aromatic rings. The van der Waals surface area contributed by atoms with Gasteiger partial charge in [-0.3, -0.25) is 9.59 Å². The molecule has 0 spiro atoms. The Morgan fingerprint density at radius 3 is 2.60 bits per heavy atom. The van der Waals surface area contributed by atoms with Crippen LogP contribution in [0.1, 0.15) is 15.9 Å². The number of likely N-dealkylation sites (N-methyl/N-ethyl adjacent to an activating group) is 1.